The van der Waals surface area contributed by atoms with Gasteiger partial charge in [0.2, 0.25) is 5.91 Å². The first-order valence-corrected chi connectivity index (χ1v) is 10.1. The molecule has 0 spiro atoms. The number of nitrogens with one attached hydrogen (secondary N) is 1. The molecule has 2 aliphatic rings. The molecule has 2 fully saturated rings. The predicted molar refractivity (Wildman–Crippen MR) is 102 cm³/mol. The first kappa shape index (κ1) is 17.7. The normalized spacial score (nSPS) is 25.8. The van der Waals surface area contributed by atoms with E-state index in [4.69, 9.17) is 0 Å². The van der Waals surface area contributed by atoms with Crippen molar-refractivity contribution in [3.63, 3.8) is 0 Å². The van der Waals surface area contributed by atoms with Crippen LogP contribution in [0, 0.1) is 11.3 Å². The van der Waals surface area contributed by atoms with Crippen LogP contribution in [0.4, 0.5) is 0 Å². The zero-order valence-electron chi connectivity index (χ0n) is 15.1. The first-order chi connectivity index (χ1) is 12.6. The van der Waals surface area contributed by atoms with Gasteiger partial charge in [0.05, 0.1) is 17.2 Å². The van der Waals surface area contributed by atoms with Crippen molar-refractivity contribution < 1.29 is 9.90 Å². The Hall–Kier alpha value is -1.70. The number of aliphatic hydroxyl groups excluding tert-OH is 1. The Morgan fingerprint density at radius 1 is 1.38 bits per heavy atom. The second-order valence-corrected chi connectivity index (χ2v) is 8.82. The second-order valence-electron chi connectivity index (χ2n) is 7.65. The van der Waals surface area contributed by atoms with Gasteiger partial charge in [0.25, 0.3) is 0 Å². The van der Waals surface area contributed by atoms with Gasteiger partial charge in [-0.25, -0.2) is 0 Å². The lowest BCUT2D eigenvalue weighted by molar-refractivity contribution is -0.130. The number of likely N-dealkylation sites (tertiary alicyclic amines) is 2. The predicted octanol–water partition coefficient (Wildman–Crippen LogP) is 2.19. The summed E-state index contributed by atoms with van der Waals surface area (Å²) in [4.78, 5) is 19.2. The summed E-state index contributed by atoms with van der Waals surface area (Å²) in [5.41, 5.74) is 0.906. The first-order valence-electron chi connectivity index (χ1n) is 9.33. The molecule has 0 unspecified atom stereocenters. The molecule has 0 radical (unpaired) electrons. The summed E-state index contributed by atoms with van der Waals surface area (Å²) in [5.74, 6) is 0.615. The Morgan fingerprint density at radius 2 is 2.27 bits per heavy atom. The van der Waals surface area contributed by atoms with E-state index < -0.39 is 0 Å². The highest BCUT2D eigenvalue weighted by Gasteiger charge is 2.52. The summed E-state index contributed by atoms with van der Waals surface area (Å²) in [6, 6.07) is 6.30. The van der Waals surface area contributed by atoms with Crippen molar-refractivity contribution in [3.05, 3.63) is 29.3 Å². The monoisotopic (exact) mass is 374 g/mol. The van der Waals surface area contributed by atoms with E-state index in [9.17, 15) is 9.90 Å². The van der Waals surface area contributed by atoms with Crippen molar-refractivity contribution in [1.82, 2.24) is 20.0 Å². The number of carbonyl (C=O) groups excluding carboxylic acids is 1. The minimum Gasteiger partial charge on any atom is -0.396 e. The third-order valence-corrected chi connectivity index (χ3v) is 6.87. The number of hydrogen-bond acceptors (Lipinski definition) is 5. The van der Waals surface area contributed by atoms with Gasteiger partial charge in [-0.15, -0.1) is 11.3 Å². The number of hydrogen-bond donors (Lipinski definition) is 2. The molecule has 7 heteroatoms. The maximum Gasteiger partial charge on any atom is 0.222 e. The molecule has 26 heavy (non-hydrogen) atoms. The maximum absolute atomic E-state index is 12.2. The molecule has 0 bridgehead atoms. The van der Waals surface area contributed by atoms with Crippen LogP contribution in [0.1, 0.15) is 24.6 Å². The third-order valence-electron chi connectivity index (χ3n) is 5.77. The summed E-state index contributed by atoms with van der Waals surface area (Å²) < 4.78 is 0. The van der Waals surface area contributed by atoms with Gasteiger partial charge in [-0.1, -0.05) is 6.92 Å². The van der Waals surface area contributed by atoms with Gasteiger partial charge in [0.15, 0.2) is 0 Å². The Kier molecular flexibility index (Phi) is 4.86. The van der Waals surface area contributed by atoms with Crippen molar-refractivity contribution in [1.29, 1.82) is 0 Å². The van der Waals surface area contributed by atoms with Crippen LogP contribution >= 0.6 is 11.3 Å². The quantitative estimate of drug-likeness (QED) is 0.813. The van der Waals surface area contributed by atoms with E-state index >= 15 is 0 Å². The summed E-state index contributed by atoms with van der Waals surface area (Å²) in [7, 11) is 0. The van der Waals surface area contributed by atoms with Crippen LogP contribution < -0.4 is 0 Å². The lowest BCUT2D eigenvalue weighted by Crippen LogP contribution is -2.38. The number of aromatic nitrogens is 2. The highest BCUT2D eigenvalue weighted by Crippen LogP contribution is 2.43. The summed E-state index contributed by atoms with van der Waals surface area (Å²) in [5, 5.41) is 17.1. The molecule has 1 amide bonds. The fourth-order valence-electron chi connectivity index (χ4n) is 4.42. The molecule has 0 aromatic carbocycles. The molecule has 6 nitrogen and oxygen atoms in total. The molecule has 2 aromatic rings. The molecular weight excluding hydrogens is 348 g/mol. The molecule has 2 N–H and O–H groups in total. The molecular formula is C19H26N4O2S. The fraction of sp³-hybridized carbons (Fsp3) is 0.579. The Morgan fingerprint density at radius 3 is 2.96 bits per heavy atom. The number of H-pyrrole nitrogens is 1. The van der Waals surface area contributed by atoms with Crippen LogP contribution in [-0.2, 0) is 11.3 Å². The van der Waals surface area contributed by atoms with Gasteiger partial charge in [-0.05, 0) is 30.5 Å². The Bertz CT molecular complexity index is 759. The van der Waals surface area contributed by atoms with Crippen LogP contribution in [-0.4, -0.2) is 63.8 Å². The average Bonchev–Trinajstić information content (AvgIpc) is 3.38. The van der Waals surface area contributed by atoms with E-state index in [1.165, 1.54) is 9.75 Å². The molecule has 2 atom stereocenters. The third kappa shape index (κ3) is 3.19. The van der Waals surface area contributed by atoms with E-state index in [0.29, 0.717) is 18.9 Å². The maximum atomic E-state index is 12.2. The number of aromatic amines is 1. The van der Waals surface area contributed by atoms with E-state index in [-0.39, 0.29) is 17.9 Å². The molecule has 2 saturated heterocycles. The van der Waals surface area contributed by atoms with Crippen LogP contribution in [0.15, 0.2) is 24.4 Å². The van der Waals surface area contributed by atoms with Crippen LogP contribution in [0.3, 0.4) is 0 Å². The molecule has 4 rings (SSSR count). The molecule has 4 heterocycles. The van der Waals surface area contributed by atoms with Gasteiger partial charge >= 0.3 is 0 Å². The Balaban J connectivity index is 1.40. The summed E-state index contributed by atoms with van der Waals surface area (Å²) in [6.45, 7) is 6.41. The number of fused-ring (bicyclic) bond motifs is 1. The SMILES string of the molecule is CCCC(=O)N1C[C@@H]2CN(Cc3ccc(-c4ccn[nH]4)s3)C[C@]2(CO)C1. The van der Waals surface area contributed by atoms with Gasteiger partial charge in [-0.2, -0.15) is 5.10 Å². The minimum atomic E-state index is -0.146. The average molecular weight is 375 g/mol. The van der Waals surface area contributed by atoms with Gasteiger partial charge < -0.3 is 10.0 Å². The van der Waals surface area contributed by atoms with Crippen LogP contribution in [0.2, 0.25) is 0 Å². The van der Waals surface area contributed by atoms with Crippen molar-refractivity contribution in [3.8, 4) is 10.6 Å². The highest BCUT2D eigenvalue weighted by atomic mass is 32.1. The van der Waals surface area contributed by atoms with E-state index in [1.807, 2.05) is 17.9 Å². The van der Waals surface area contributed by atoms with E-state index in [2.05, 4.69) is 27.2 Å². The molecule has 140 valence electrons. The number of thiophene rings is 1. The summed E-state index contributed by atoms with van der Waals surface area (Å²) >= 11 is 1.78. The Labute approximate surface area is 157 Å². The lowest BCUT2D eigenvalue weighted by atomic mass is 9.82. The number of carbonyl (C=O) groups is 1. The van der Waals surface area contributed by atoms with Crippen molar-refractivity contribution in [2.24, 2.45) is 11.3 Å². The zero-order chi connectivity index (χ0) is 18.1. The minimum absolute atomic E-state index is 0.146. The summed E-state index contributed by atoms with van der Waals surface area (Å²) in [6.07, 6.45) is 3.27. The van der Waals surface area contributed by atoms with Crippen molar-refractivity contribution >= 4 is 17.2 Å². The lowest BCUT2D eigenvalue weighted by Gasteiger charge is -2.27. The standard InChI is InChI=1S/C19H26N4O2S/c1-2-3-18(25)23-9-14-8-22(11-19(14,12-23)13-24)10-15-4-5-17(26-15)16-6-7-20-21-16/h4-7,14,24H,2-3,8-13H2,1H3,(H,20,21)/t14-,19+/m0/s1. The van der Waals surface area contributed by atoms with Crippen LogP contribution in [0.25, 0.3) is 10.6 Å². The van der Waals surface area contributed by atoms with Gasteiger partial charge in [0, 0.05) is 55.6 Å². The van der Waals surface area contributed by atoms with Crippen molar-refractivity contribution in [2.75, 3.05) is 32.8 Å². The largest absolute Gasteiger partial charge is 0.396 e. The molecule has 0 saturated carbocycles. The number of nitrogens with zero attached hydrogens (tertiary/aromatic N) is 3. The van der Waals surface area contributed by atoms with Gasteiger partial charge in [0.1, 0.15) is 0 Å². The zero-order valence-corrected chi connectivity index (χ0v) is 16.0. The topological polar surface area (TPSA) is 72.5 Å². The van der Waals surface area contributed by atoms with Crippen LogP contribution in [0.5, 0.6) is 0 Å². The smallest absolute Gasteiger partial charge is 0.222 e. The fourth-order valence-corrected chi connectivity index (χ4v) is 5.44. The van der Waals surface area contributed by atoms with Crippen molar-refractivity contribution in [2.45, 2.75) is 26.3 Å². The van der Waals surface area contributed by atoms with E-state index in [0.717, 1.165) is 38.3 Å². The van der Waals surface area contributed by atoms with E-state index in [1.54, 1.807) is 17.5 Å². The number of amides is 1. The van der Waals surface area contributed by atoms with Gasteiger partial charge in [-0.3, -0.25) is 14.8 Å². The number of rotatable bonds is 6. The highest BCUT2D eigenvalue weighted by molar-refractivity contribution is 7.15. The molecule has 2 aliphatic heterocycles. The molecule has 2 aromatic heterocycles. The number of aliphatic hydroxyl groups is 1. The molecule has 0 aliphatic carbocycles. The second kappa shape index (κ2) is 7.13.